The number of hydrogen-bond donors (Lipinski definition) is 0. The Bertz CT molecular complexity index is 1280. The average molecular weight is 467 g/mol. The Balaban J connectivity index is 1.40. The third kappa shape index (κ3) is 6.08. The van der Waals surface area contributed by atoms with Crippen LogP contribution in [0.1, 0.15) is 47.6 Å². The van der Waals surface area contributed by atoms with E-state index in [1.807, 2.05) is 12.3 Å². The molecule has 0 unspecified atom stereocenters. The van der Waals surface area contributed by atoms with Gasteiger partial charge < -0.3 is 9.47 Å². The van der Waals surface area contributed by atoms with Crippen molar-refractivity contribution in [3.63, 3.8) is 0 Å². The molecule has 0 N–H and O–H groups in total. The SMILES string of the molecule is CC(C)c1ccc2c(c1)Cc1cccc(c1)CN(Cc1cnc3ccccc3c1)CCOCCO2. The van der Waals surface area contributed by atoms with Crippen LogP contribution in [0.15, 0.2) is 79.0 Å². The van der Waals surface area contributed by atoms with Gasteiger partial charge in [0.15, 0.2) is 0 Å². The number of nitrogens with zero attached hydrogens (tertiary/aromatic N) is 2. The van der Waals surface area contributed by atoms with Crippen molar-refractivity contribution in [1.82, 2.24) is 9.88 Å². The van der Waals surface area contributed by atoms with Crippen LogP contribution in [0.2, 0.25) is 0 Å². The van der Waals surface area contributed by atoms with Crippen LogP contribution in [0.25, 0.3) is 10.9 Å². The van der Waals surface area contributed by atoms with Crippen LogP contribution in [0, 0.1) is 0 Å². The van der Waals surface area contributed by atoms with Gasteiger partial charge in [0.05, 0.1) is 18.7 Å². The standard InChI is InChI=1S/C31H34N2O2/c1-23(2)27-10-11-31-29(19-27)17-24-6-5-7-25(16-24)21-33(12-13-34-14-15-35-31)22-26-18-28-8-3-4-9-30(28)32-20-26/h3-11,16,18-20,23H,12-15,17,21-22H2,1-2H3. The summed E-state index contributed by atoms with van der Waals surface area (Å²) in [6.45, 7) is 8.85. The van der Waals surface area contributed by atoms with E-state index in [1.165, 1.54) is 33.2 Å². The first-order valence-electron chi connectivity index (χ1n) is 12.6. The zero-order chi connectivity index (χ0) is 24.0. The monoisotopic (exact) mass is 466 g/mol. The molecule has 1 aliphatic heterocycles. The number of rotatable bonds is 3. The van der Waals surface area contributed by atoms with E-state index >= 15 is 0 Å². The lowest BCUT2D eigenvalue weighted by Crippen LogP contribution is -2.27. The molecule has 0 saturated carbocycles. The Morgan fingerprint density at radius 1 is 0.886 bits per heavy atom. The Hall–Kier alpha value is -3.21. The fraction of sp³-hybridized carbons (Fsp3) is 0.323. The molecule has 180 valence electrons. The fourth-order valence-electron chi connectivity index (χ4n) is 4.74. The highest BCUT2D eigenvalue weighted by Crippen LogP contribution is 2.27. The Labute approximate surface area is 208 Å². The van der Waals surface area contributed by atoms with Gasteiger partial charge in [-0.1, -0.05) is 68.4 Å². The van der Waals surface area contributed by atoms with Gasteiger partial charge >= 0.3 is 0 Å². The van der Waals surface area contributed by atoms with Gasteiger partial charge in [0.25, 0.3) is 0 Å². The highest BCUT2D eigenvalue weighted by atomic mass is 16.5. The summed E-state index contributed by atoms with van der Waals surface area (Å²) < 4.78 is 12.1. The van der Waals surface area contributed by atoms with Crippen LogP contribution >= 0.6 is 0 Å². The first-order chi connectivity index (χ1) is 17.1. The Kier molecular flexibility index (Phi) is 7.41. The summed E-state index contributed by atoms with van der Waals surface area (Å²) in [5.74, 6) is 1.45. The van der Waals surface area contributed by atoms with Crippen LogP contribution in [0.3, 0.4) is 0 Å². The molecule has 35 heavy (non-hydrogen) atoms. The molecule has 4 heteroatoms. The van der Waals surface area contributed by atoms with Crippen molar-refractivity contribution in [3.8, 4) is 5.75 Å². The molecule has 3 aromatic carbocycles. The van der Waals surface area contributed by atoms with Crippen molar-refractivity contribution in [2.45, 2.75) is 39.3 Å². The second-order valence-corrected chi connectivity index (χ2v) is 9.73. The fourth-order valence-corrected chi connectivity index (χ4v) is 4.74. The zero-order valence-electron chi connectivity index (χ0n) is 20.7. The summed E-state index contributed by atoms with van der Waals surface area (Å²) >= 11 is 0. The van der Waals surface area contributed by atoms with Gasteiger partial charge in [-0.25, -0.2) is 0 Å². The van der Waals surface area contributed by atoms with Crippen molar-refractivity contribution in [1.29, 1.82) is 0 Å². The highest BCUT2D eigenvalue weighted by Gasteiger charge is 2.13. The minimum absolute atomic E-state index is 0.487. The van der Waals surface area contributed by atoms with E-state index in [1.54, 1.807) is 0 Å². The lowest BCUT2D eigenvalue weighted by molar-refractivity contribution is 0.0757. The van der Waals surface area contributed by atoms with E-state index in [4.69, 9.17) is 9.47 Å². The lowest BCUT2D eigenvalue weighted by Gasteiger charge is -2.23. The number of aromatic nitrogens is 1. The van der Waals surface area contributed by atoms with Gasteiger partial charge in [0.2, 0.25) is 0 Å². The molecule has 0 fully saturated rings. The van der Waals surface area contributed by atoms with E-state index in [2.05, 4.69) is 90.5 Å². The molecule has 1 aromatic heterocycles. The van der Waals surface area contributed by atoms with E-state index in [0.717, 1.165) is 37.3 Å². The molecule has 0 amide bonds. The number of hydrogen-bond acceptors (Lipinski definition) is 4. The molecule has 0 radical (unpaired) electrons. The maximum absolute atomic E-state index is 6.16. The van der Waals surface area contributed by atoms with Gasteiger partial charge in [0, 0.05) is 37.6 Å². The molecule has 0 atom stereocenters. The molecule has 2 heterocycles. The smallest absolute Gasteiger partial charge is 0.122 e. The molecular weight excluding hydrogens is 432 g/mol. The molecule has 0 saturated heterocycles. The third-order valence-corrected chi connectivity index (χ3v) is 6.63. The van der Waals surface area contributed by atoms with E-state index < -0.39 is 0 Å². The first kappa shape index (κ1) is 23.5. The van der Waals surface area contributed by atoms with Crippen molar-refractivity contribution >= 4 is 10.9 Å². The van der Waals surface area contributed by atoms with Gasteiger partial charge in [-0.2, -0.15) is 0 Å². The number of fused-ring (bicyclic) bond motifs is 4. The van der Waals surface area contributed by atoms with E-state index in [-0.39, 0.29) is 0 Å². The summed E-state index contributed by atoms with van der Waals surface area (Å²) in [5.41, 5.74) is 7.47. The van der Waals surface area contributed by atoms with Crippen LogP contribution in [-0.4, -0.2) is 36.2 Å². The Morgan fingerprint density at radius 2 is 1.77 bits per heavy atom. The maximum Gasteiger partial charge on any atom is 0.122 e. The largest absolute Gasteiger partial charge is 0.491 e. The summed E-state index contributed by atoms with van der Waals surface area (Å²) in [5, 5.41) is 1.18. The van der Waals surface area contributed by atoms with Crippen LogP contribution in [0.5, 0.6) is 5.75 Å². The second kappa shape index (κ2) is 11.0. The van der Waals surface area contributed by atoms with Gasteiger partial charge in [-0.3, -0.25) is 9.88 Å². The summed E-state index contributed by atoms with van der Waals surface area (Å²) in [6, 6.07) is 26.1. The van der Waals surface area contributed by atoms with Crippen LogP contribution < -0.4 is 4.74 Å². The maximum atomic E-state index is 6.16. The second-order valence-electron chi connectivity index (χ2n) is 9.73. The molecule has 5 rings (SSSR count). The predicted octanol–water partition coefficient (Wildman–Crippen LogP) is 6.36. The third-order valence-electron chi connectivity index (χ3n) is 6.63. The van der Waals surface area contributed by atoms with Gasteiger partial charge in [0.1, 0.15) is 12.4 Å². The number of benzene rings is 3. The summed E-state index contributed by atoms with van der Waals surface area (Å²) in [4.78, 5) is 7.11. The van der Waals surface area contributed by atoms with Crippen molar-refractivity contribution in [3.05, 3.63) is 107 Å². The van der Waals surface area contributed by atoms with Crippen molar-refractivity contribution in [2.75, 3.05) is 26.4 Å². The topological polar surface area (TPSA) is 34.6 Å². The summed E-state index contributed by atoms with van der Waals surface area (Å²) in [7, 11) is 0. The van der Waals surface area contributed by atoms with Crippen molar-refractivity contribution in [2.24, 2.45) is 0 Å². The molecule has 0 aliphatic carbocycles. The molecule has 0 spiro atoms. The van der Waals surface area contributed by atoms with Gasteiger partial charge in [-0.15, -0.1) is 0 Å². The molecule has 1 aliphatic rings. The molecule has 4 nitrogen and oxygen atoms in total. The number of ether oxygens (including phenoxy) is 2. The minimum Gasteiger partial charge on any atom is -0.491 e. The molecule has 4 aromatic rings. The quantitative estimate of drug-likeness (QED) is 0.352. The first-order valence-corrected chi connectivity index (χ1v) is 12.6. The van der Waals surface area contributed by atoms with Gasteiger partial charge in [-0.05, 0) is 51.9 Å². The normalized spacial score (nSPS) is 15.4. The average Bonchev–Trinajstić information content (AvgIpc) is 2.86. The minimum atomic E-state index is 0.487. The molecule has 2 bridgehead atoms. The van der Waals surface area contributed by atoms with Crippen LogP contribution in [-0.2, 0) is 24.2 Å². The van der Waals surface area contributed by atoms with E-state index in [0.29, 0.717) is 25.7 Å². The number of pyridine rings is 1. The number of para-hydroxylation sites is 1. The Morgan fingerprint density at radius 3 is 2.69 bits per heavy atom. The van der Waals surface area contributed by atoms with Crippen molar-refractivity contribution < 1.29 is 9.47 Å². The molecular formula is C31H34N2O2. The van der Waals surface area contributed by atoms with Crippen LogP contribution in [0.4, 0.5) is 0 Å². The highest BCUT2D eigenvalue weighted by molar-refractivity contribution is 5.78. The lowest BCUT2D eigenvalue weighted by atomic mass is 9.96. The van der Waals surface area contributed by atoms with E-state index in [9.17, 15) is 0 Å². The summed E-state index contributed by atoms with van der Waals surface area (Å²) in [6.07, 6.45) is 2.86. The zero-order valence-corrected chi connectivity index (χ0v) is 20.7. The predicted molar refractivity (Wildman–Crippen MR) is 142 cm³/mol.